The Bertz CT molecular complexity index is 324. The molecule has 1 fully saturated rings. The van der Waals surface area contributed by atoms with Crippen LogP contribution in [0, 0.1) is 0 Å². The maximum atomic E-state index is 6.22. The molecule has 1 heteroatoms. The van der Waals surface area contributed by atoms with Crippen LogP contribution < -0.4 is 0 Å². The van der Waals surface area contributed by atoms with Gasteiger partial charge in [0.1, 0.15) is 0 Å². The van der Waals surface area contributed by atoms with Crippen LogP contribution in [-0.2, 0) is 4.74 Å². The highest BCUT2D eigenvalue weighted by atomic mass is 16.5. The van der Waals surface area contributed by atoms with Crippen LogP contribution in [-0.4, -0.2) is 12.2 Å². The van der Waals surface area contributed by atoms with Crippen molar-refractivity contribution in [1.82, 2.24) is 0 Å². The molecule has 1 nitrogen and oxygen atoms in total. The van der Waals surface area contributed by atoms with Gasteiger partial charge < -0.3 is 4.74 Å². The topological polar surface area (TPSA) is 9.23 Å². The Kier molecular flexibility index (Phi) is 2.44. The minimum atomic E-state index is 0.451. The van der Waals surface area contributed by atoms with Crippen molar-refractivity contribution >= 4 is 0 Å². The molecular formula is C14H20O. The van der Waals surface area contributed by atoms with Crippen LogP contribution in [0.25, 0.3) is 0 Å². The first-order valence-electron chi connectivity index (χ1n) is 6.48. The van der Waals surface area contributed by atoms with Gasteiger partial charge in [-0.05, 0) is 55.2 Å². The SMILES string of the molecule is CCC1=C2CCCC[C@H]2O[C@@H]2CCC=C12. The number of rotatable bonds is 1. The molecule has 1 saturated carbocycles. The molecule has 0 unspecified atom stereocenters. The first kappa shape index (κ1) is 9.65. The third-order valence-corrected chi connectivity index (χ3v) is 4.11. The molecule has 15 heavy (non-hydrogen) atoms. The highest BCUT2D eigenvalue weighted by Gasteiger charge is 2.35. The molecule has 0 spiro atoms. The van der Waals surface area contributed by atoms with Crippen LogP contribution in [0.15, 0.2) is 22.8 Å². The van der Waals surface area contributed by atoms with E-state index in [-0.39, 0.29) is 0 Å². The minimum Gasteiger partial charge on any atom is -0.366 e. The number of ether oxygens (including phenoxy) is 1. The minimum absolute atomic E-state index is 0.451. The molecule has 0 aromatic rings. The van der Waals surface area contributed by atoms with E-state index in [1.807, 2.05) is 0 Å². The van der Waals surface area contributed by atoms with E-state index in [0.29, 0.717) is 12.2 Å². The van der Waals surface area contributed by atoms with Gasteiger partial charge in [-0.15, -0.1) is 0 Å². The molecule has 1 aliphatic heterocycles. The first-order valence-corrected chi connectivity index (χ1v) is 6.48. The van der Waals surface area contributed by atoms with Crippen molar-refractivity contribution in [2.24, 2.45) is 0 Å². The molecule has 0 N–H and O–H groups in total. The molecule has 3 aliphatic rings. The second-order valence-electron chi connectivity index (χ2n) is 4.95. The van der Waals surface area contributed by atoms with E-state index >= 15 is 0 Å². The van der Waals surface area contributed by atoms with Crippen LogP contribution in [0.5, 0.6) is 0 Å². The van der Waals surface area contributed by atoms with Gasteiger partial charge in [0.25, 0.3) is 0 Å². The van der Waals surface area contributed by atoms with Crippen LogP contribution in [0.4, 0.5) is 0 Å². The van der Waals surface area contributed by atoms with Crippen molar-refractivity contribution in [3.8, 4) is 0 Å². The fourth-order valence-corrected chi connectivity index (χ4v) is 3.43. The lowest BCUT2D eigenvalue weighted by molar-refractivity contribution is 0.00759. The normalized spacial score (nSPS) is 34.9. The van der Waals surface area contributed by atoms with E-state index in [1.54, 1.807) is 16.7 Å². The van der Waals surface area contributed by atoms with Crippen LogP contribution >= 0.6 is 0 Å². The maximum absolute atomic E-state index is 6.22. The van der Waals surface area contributed by atoms with E-state index in [1.165, 1.54) is 44.9 Å². The summed E-state index contributed by atoms with van der Waals surface area (Å²) in [6.45, 7) is 2.30. The molecule has 2 atom stereocenters. The van der Waals surface area contributed by atoms with Gasteiger partial charge in [0.05, 0.1) is 12.2 Å². The summed E-state index contributed by atoms with van der Waals surface area (Å²) in [7, 11) is 0. The second kappa shape index (κ2) is 3.79. The van der Waals surface area contributed by atoms with E-state index in [2.05, 4.69) is 13.0 Å². The average molecular weight is 204 g/mol. The van der Waals surface area contributed by atoms with E-state index < -0.39 is 0 Å². The largest absolute Gasteiger partial charge is 0.366 e. The Morgan fingerprint density at radius 1 is 1.27 bits per heavy atom. The predicted molar refractivity (Wildman–Crippen MR) is 61.8 cm³/mol. The zero-order chi connectivity index (χ0) is 10.3. The van der Waals surface area contributed by atoms with Gasteiger partial charge in [-0.1, -0.05) is 19.4 Å². The quantitative estimate of drug-likeness (QED) is 0.632. The monoisotopic (exact) mass is 204 g/mol. The summed E-state index contributed by atoms with van der Waals surface area (Å²) < 4.78 is 6.22. The summed E-state index contributed by atoms with van der Waals surface area (Å²) >= 11 is 0. The summed E-state index contributed by atoms with van der Waals surface area (Å²) in [5, 5.41) is 0. The molecule has 82 valence electrons. The Hall–Kier alpha value is -0.560. The average Bonchev–Trinajstić information content (AvgIpc) is 2.73. The molecule has 0 aromatic carbocycles. The van der Waals surface area contributed by atoms with Gasteiger partial charge in [-0.3, -0.25) is 0 Å². The van der Waals surface area contributed by atoms with Gasteiger partial charge in [-0.2, -0.15) is 0 Å². The molecule has 3 rings (SSSR count). The standard InChI is InChI=1S/C14H20O/c1-2-10-11-6-3-4-8-13(11)15-14-9-5-7-12(10)14/h7,13-14H,2-6,8-9H2,1H3/t13-,14-/m1/s1. The fraction of sp³-hybridized carbons (Fsp3) is 0.714. The van der Waals surface area contributed by atoms with E-state index in [9.17, 15) is 0 Å². The molecule has 1 heterocycles. The van der Waals surface area contributed by atoms with Crippen molar-refractivity contribution in [1.29, 1.82) is 0 Å². The van der Waals surface area contributed by atoms with Gasteiger partial charge in [0.15, 0.2) is 0 Å². The maximum Gasteiger partial charge on any atom is 0.0835 e. The third-order valence-electron chi connectivity index (χ3n) is 4.11. The van der Waals surface area contributed by atoms with E-state index in [0.717, 1.165) is 0 Å². The van der Waals surface area contributed by atoms with E-state index in [4.69, 9.17) is 4.74 Å². The highest BCUT2D eigenvalue weighted by molar-refractivity contribution is 5.44. The summed E-state index contributed by atoms with van der Waals surface area (Å²) in [5.74, 6) is 0. The molecular weight excluding hydrogens is 184 g/mol. The second-order valence-corrected chi connectivity index (χ2v) is 4.95. The van der Waals surface area contributed by atoms with Gasteiger partial charge in [0.2, 0.25) is 0 Å². The summed E-state index contributed by atoms with van der Waals surface area (Å²) in [5.41, 5.74) is 4.85. The Morgan fingerprint density at radius 3 is 3.07 bits per heavy atom. The Morgan fingerprint density at radius 2 is 2.20 bits per heavy atom. The molecule has 0 radical (unpaired) electrons. The number of allylic oxidation sites excluding steroid dienone is 1. The predicted octanol–water partition coefficient (Wildman–Crippen LogP) is 3.75. The molecule has 0 amide bonds. The van der Waals surface area contributed by atoms with Crippen molar-refractivity contribution in [2.45, 2.75) is 64.1 Å². The number of fused-ring (bicyclic) bond motifs is 2. The first-order chi connectivity index (χ1) is 7.40. The molecule has 0 saturated heterocycles. The molecule has 0 aromatic heterocycles. The van der Waals surface area contributed by atoms with Gasteiger partial charge in [0, 0.05) is 0 Å². The van der Waals surface area contributed by atoms with Crippen molar-refractivity contribution in [2.75, 3.05) is 0 Å². The lowest BCUT2D eigenvalue weighted by Gasteiger charge is -2.37. The number of hydrogen-bond acceptors (Lipinski definition) is 1. The lowest BCUT2D eigenvalue weighted by Crippen LogP contribution is -2.32. The van der Waals surface area contributed by atoms with Gasteiger partial charge >= 0.3 is 0 Å². The summed E-state index contributed by atoms with van der Waals surface area (Å²) in [4.78, 5) is 0. The van der Waals surface area contributed by atoms with Crippen LogP contribution in [0.1, 0.15) is 51.9 Å². The van der Waals surface area contributed by atoms with Crippen molar-refractivity contribution in [3.63, 3.8) is 0 Å². The summed E-state index contributed by atoms with van der Waals surface area (Å²) in [6, 6.07) is 0. The zero-order valence-electron chi connectivity index (χ0n) is 9.59. The molecule has 2 aliphatic carbocycles. The van der Waals surface area contributed by atoms with Crippen LogP contribution in [0.2, 0.25) is 0 Å². The smallest absolute Gasteiger partial charge is 0.0835 e. The fourth-order valence-electron chi connectivity index (χ4n) is 3.43. The summed E-state index contributed by atoms with van der Waals surface area (Å²) in [6.07, 6.45) is 12.3. The van der Waals surface area contributed by atoms with Crippen molar-refractivity contribution < 1.29 is 4.74 Å². The molecule has 0 bridgehead atoms. The Balaban J connectivity index is 2.01. The van der Waals surface area contributed by atoms with Crippen LogP contribution in [0.3, 0.4) is 0 Å². The zero-order valence-corrected chi connectivity index (χ0v) is 9.59. The van der Waals surface area contributed by atoms with Crippen molar-refractivity contribution in [3.05, 3.63) is 22.8 Å². The highest BCUT2D eigenvalue weighted by Crippen LogP contribution is 2.43. The Labute approximate surface area is 92.2 Å². The number of hydrogen-bond donors (Lipinski definition) is 0. The third kappa shape index (κ3) is 1.48. The lowest BCUT2D eigenvalue weighted by atomic mass is 9.82. The van der Waals surface area contributed by atoms with Gasteiger partial charge in [-0.25, -0.2) is 0 Å².